The van der Waals surface area contributed by atoms with Gasteiger partial charge in [0.2, 0.25) is 0 Å². The number of benzene rings is 2. The molecular weight excluding hydrogens is 470 g/mol. The fraction of sp³-hybridized carbons (Fsp3) is 0.125. The van der Waals surface area contributed by atoms with Crippen molar-refractivity contribution in [1.82, 2.24) is 29.5 Å². The van der Waals surface area contributed by atoms with E-state index in [1.807, 2.05) is 55.5 Å². The molecule has 10 heteroatoms. The number of nitrogens with zero attached hydrogens (tertiary/aromatic N) is 6. The van der Waals surface area contributed by atoms with Gasteiger partial charge in [-0.25, -0.2) is 14.6 Å². The van der Waals surface area contributed by atoms with Crippen LogP contribution in [0.25, 0.3) is 22.5 Å². The molecule has 2 aromatic carbocycles. The Morgan fingerprint density at radius 2 is 1.94 bits per heavy atom. The summed E-state index contributed by atoms with van der Waals surface area (Å²) in [7, 11) is 0. The Hall–Kier alpha value is -3.69. The lowest BCUT2D eigenvalue weighted by molar-refractivity contribution is 0.102. The summed E-state index contributed by atoms with van der Waals surface area (Å²) in [6.07, 6.45) is 3.14. The van der Waals surface area contributed by atoms with Gasteiger partial charge in [-0.3, -0.25) is 4.79 Å². The first-order valence-electron chi connectivity index (χ1n) is 10.6. The van der Waals surface area contributed by atoms with Gasteiger partial charge in [0.05, 0.1) is 28.5 Å². The molecule has 0 saturated carbocycles. The summed E-state index contributed by atoms with van der Waals surface area (Å²) in [5, 5.41) is 13.4. The molecule has 0 aliphatic carbocycles. The molecule has 5 aromatic rings. The molecular formula is C24H20ClN7OS. The van der Waals surface area contributed by atoms with Crippen LogP contribution in [-0.2, 0) is 0 Å². The Labute approximate surface area is 205 Å². The zero-order valence-corrected chi connectivity index (χ0v) is 20.0. The van der Waals surface area contributed by atoms with Crippen LogP contribution in [0.1, 0.15) is 23.0 Å². The van der Waals surface area contributed by atoms with Gasteiger partial charge in [-0.2, -0.15) is 14.9 Å². The largest absolute Gasteiger partial charge is 0.306 e. The van der Waals surface area contributed by atoms with E-state index >= 15 is 0 Å². The lowest BCUT2D eigenvalue weighted by atomic mass is 10.2. The van der Waals surface area contributed by atoms with Crippen LogP contribution in [0.4, 0.5) is 5.82 Å². The molecule has 0 saturated heterocycles. The average Bonchev–Trinajstić information content (AvgIpc) is 3.43. The third-order valence-corrected chi connectivity index (χ3v) is 6.29. The summed E-state index contributed by atoms with van der Waals surface area (Å²) < 4.78 is 3.30. The summed E-state index contributed by atoms with van der Waals surface area (Å²) >= 11 is 7.79. The number of carbonyl (C=O) groups is 1. The van der Waals surface area contributed by atoms with Crippen LogP contribution in [0.5, 0.6) is 0 Å². The van der Waals surface area contributed by atoms with Gasteiger partial charge in [-0.05, 0) is 43.0 Å². The van der Waals surface area contributed by atoms with Crippen LogP contribution in [0.2, 0.25) is 5.02 Å². The van der Waals surface area contributed by atoms with Crippen molar-refractivity contribution in [2.45, 2.75) is 18.7 Å². The highest BCUT2D eigenvalue weighted by Crippen LogP contribution is 2.27. The van der Waals surface area contributed by atoms with E-state index < -0.39 is 0 Å². The van der Waals surface area contributed by atoms with E-state index in [2.05, 4.69) is 32.4 Å². The lowest BCUT2D eigenvalue weighted by Crippen LogP contribution is -2.16. The second-order valence-electron chi connectivity index (χ2n) is 7.44. The van der Waals surface area contributed by atoms with Gasteiger partial charge in [-0.15, -0.1) is 11.8 Å². The summed E-state index contributed by atoms with van der Waals surface area (Å²) in [4.78, 5) is 23.0. The summed E-state index contributed by atoms with van der Waals surface area (Å²) in [6.45, 7) is 3.92. The highest BCUT2D eigenvalue weighted by molar-refractivity contribution is 7.99. The third kappa shape index (κ3) is 4.15. The van der Waals surface area contributed by atoms with Crippen LogP contribution in [-0.4, -0.2) is 41.2 Å². The predicted molar refractivity (Wildman–Crippen MR) is 134 cm³/mol. The molecule has 1 N–H and O–H groups in total. The maximum atomic E-state index is 13.2. The van der Waals surface area contributed by atoms with Gasteiger partial charge in [0.25, 0.3) is 5.91 Å². The molecule has 0 fully saturated rings. The molecule has 170 valence electrons. The Balaban J connectivity index is 1.55. The minimum absolute atomic E-state index is 0.211. The molecule has 5 rings (SSSR count). The average molecular weight is 490 g/mol. The number of aryl methyl sites for hydroxylation is 1. The molecule has 0 aliphatic heterocycles. The maximum absolute atomic E-state index is 13.2. The van der Waals surface area contributed by atoms with E-state index in [4.69, 9.17) is 11.6 Å². The van der Waals surface area contributed by atoms with Gasteiger partial charge in [0, 0.05) is 16.0 Å². The number of thioether (sulfide) groups is 1. The Bertz CT molecular complexity index is 1510. The smallest absolute Gasteiger partial charge is 0.257 e. The molecule has 0 spiro atoms. The van der Waals surface area contributed by atoms with Crippen molar-refractivity contribution in [2.24, 2.45) is 0 Å². The SMILES string of the molecule is CCSc1ccccc1C(=O)Nc1cc(C)nn1-c1ncnc2c1cnn2-c1cccc(Cl)c1. The summed E-state index contributed by atoms with van der Waals surface area (Å²) in [5.41, 5.74) is 2.73. The van der Waals surface area contributed by atoms with E-state index in [-0.39, 0.29) is 5.91 Å². The minimum Gasteiger partial charge on any atom is -0.306 e. The maximum Gasteiger partial charge on any atom is 0.257 e. The number of hydrogen-bond donors (Lipinski definition) is 1. The first-order chi connectivity index (χ1) is 16.5. The number of aromatic nitrogens is 6. The van der Waals surface area contributed by atoms with Crippen molar-refractivity contribution in [3.05, 3.63) is 83.4 Å². The molecule has 8 nitrogen and oxygen atoms in total. The number of fused-ring (bicyclic) bond motifs is 1. The van der Waals surface area contributed by atoms with Crippen molar-refractivity contribution in [3.8, 4) is 11.5 Å². The quantitative estimate of drug-likeness (QED) is 0.324. The number of carbonyl (C=O) groups excluding carboxylic acids is 1. The number of hydrogen-bond acceptors (Lipinski definition) is 6. The van der Waals surface area contributed by atoms with Crippen LogP contribution >= 0.6 is 23.4 Å². The highest BCUT2D eigenvalue weighted by atomic mass is 35.5. The fourth-order valence-corrected chi connectivity index (χ4v) is 4.65. The van der Waals surface area contributed by atoms with Crippen LogP contribution in [0.3, 0.4) is 0 Å². The van der Waals surface area contributed by atoms with Crippen molar-refractivity contribution in [1.29, 1.82) is 0 Å². The molecule has 0 radical (unpaired) electrons. The monoisotopic (exact) mass is 489 g/mol. The molecule has 3 heterocycles. The van der Waals surface area contributed by atoms with E-state index in [0.717, 1.165) is 22.0 Å². The number of anilines is 1. The summed E-state index contributed by atoms with van der Waals surface area (Å²) in [5.74, 6) is 1.68. The van der Waals surface area contributed by atoms with Gasteiger partial charge in [0.15, 0.2) is 11.5 Å². The highest BCUT2D eigenvalue weighted by Gasteiger charge is 2.19. The Morgan fingerprint density at radius 3 is 2.76 bits per heavy atom. The lowest BCUT2D eigenvalue weighted by Gasteiger charge is -2.11. The van der Waals surface area contributed by atoms with E-state index in [9.17, 15) is 4.79 Å². The minimum atomic E-state index is -0.211. The second-order valence-corrected chi connectivity index (χ2v) is 9.18. The van der Waals surface area contributed by atoms with Crippen molar-refractivity contribution >= 4 is 46.1 Å². The van der Waals surface area contributed by atoms with Gasteiger partial charge >= 0.3 is 0 Å². The topological polar surface area (TPSA) is 90.5 Å². The number of amides is 1. The Kier molecular flexibility index (Phi) is 6.04. The van der Waals surface area contributed by atoms with Crippen molar-refractivity contribution in [3.63, 3.8) is 0 Å². The molecule has 0 bridgehead atoms. The molecule has 34 heavy (non-hydrogen) atoms. The molecule has 1 amide bonds. The number of rotatable bonds is 6. The zero-order valence-electron chi connectivity index (χ0n) is 18.4. The van der Waals surface area contributed by atoms with Crippen LogP contribution in [0.15, 0.2) is 72.0 Å². The Morgan fingerprint density at radius 1 is 1.09 bits per heavy atom. The van der Waals surface area contributed by atoms with Gasteiger partial charge < -0.3 is 5.32 Å². The number of halogens is 1. The van der Waals surface area contributed by atoms with Crippen molar-refractivity contribution < 1.29 is 4.79 Å². The zero-order chi connectivity index (χ0) is 23.7. The third-order valence-electron chi connectivity index (χ3n) is 5.10. The predicted octanol–water partition coefficient (Wildman–Crippen LogP) is 5.33. The first-order valence-corrected chi connectivity index (χ1v) is 12.0. The standard InChI is InChI=1S/C24H20ClN7OS/c1-3-34-20-10-5-4-9-18(20)24(33)29-21-11-15(2)30-32(21)23-19-13-28-31(22(19)26-14-27-23)17-8-6-7-16(25)12-17/h4-14H,3H2,1-2H3,(H,29,33). The van der Waals surface area contributed by atoms with E-state index in [1.165, 1.54) is 6.33 Å². The van der Waals surface area contributed by atoms with E-state index in [0.29, 0.717) is 33.3 Å². The molecule has 0 aliphatic rings. The number of nitrogens with one attached hydrogen (secondary N) is 1. The summed E-state index contributed by atoms with van der Waals surface area (Å²) in [6, 6.07) is 16.7. The van der Waals surface area contributed by atoms with E-state index in [1.54, 1.807) is 33.4 Å². The fourth-order valence-electron chi connectivity index (χ4n) is 3.67. The molecule has 3 aromatic heterocycles. The first kappa shape index (κ1) is 22.1. The van der Waals surface area contributed by atoms with Crippen LogP contribution in [0, 0.1) is 6.92 Å². The normalized spacial score (nSPS) is 11.1. The van der Waals surface area contributed by atoms with Crippen LogP contribution < -0.4 is 5.32 Å². The van der Waals surface area contributed by atoms with Gasteiger partial charge in [-0.1, -0.05) is 36.7 Å². The van der Waals surface area contributed by atoms with Gasteiger partial charge in [0.1, 0.15) is 12.1 Å². The molecule has 0 atom stereocenters. The molecule has 0 unspecified atom stereocenters. The van der Waals surface area contributed by atoms with Crippen molar-refractivity contribution in [2.75, 3.05) is 11.1 Å². The second kappa shape index (κ2) is 9.28.